The van der Waals surface area contributed by atoms with E-state index in [4.69, 9.17) is 4.74 Å². The highest BCUT2D eigenvalue weighted by Gasteiger charge is 2.28. The molecule has 0 spiro atoms. The van der Waals surface area contributed by atoms with E-state index in [-0.39, 0.29) is 0 Å². The molecule has 0 aromatic carbocycles. The molecule has 1 saturated heterocycles. The lowest BCUT2D eigenvalue weighted by Gasteiger charge is -2.26. The van der Waals surface area contributed by atoms with Crippen LogP contribution >= 0.6 is 11.3 Å². The van der Waals surface area contributed by atoms with Crippen LogP contribution in [0.4, 0.5) is 0 Å². The first-order valence-corrected chi connectivity index (χ1v) is 8.36. The summed E-state index contributed by atoms with van der Waals surface area (Å²) in [5.41, 5.74) is 1.25. The zero-order valence-electron chi connectivity index (χ0n) is 12.1. The Bertz CT molecular complexity index is 512. The van der Waals surface area contributed by atoms with Gasteiger partial charge in [0, 0.05) is 29.4 Å². The first-order chi connectivity index (χ1) is 10.3. The molecular weight excluding hydrogens is 284 g/mol. The Hall–Kier alpha value is -1.14. The predicted molar refractivity (Wildman–Crippen MR) is 84.3 cm³/mol. The quantitative estimate of drug-likeness (QED) is 0.827. The Morgan fingerprint density at radius 3 is 3.14 bits per heavy atom. The Morgan fingerprint density at radius 2 is 2.38 bits per heavy atom. The van der Waals surface area contributed by atoms with Gasteiger partial charge in [0.25, 0.3) is 0 Å². The molecule has 0 amide bonds. The Labute approximate surface area is 129 Å². The minimum absolute atomic E-state index is 0.395. The highest BCUT2D eigenvalue weighted by molar-refractivity contribution is 7.09. The van der Waals surface area contributed by atoms with Crippen LogP contribution in [0, 0.1) is 0 Å². The summed E-state index contributed by atoms with van der Waals surface area (Å²) in [4.78, 5) is 6.84. The molecule has 0 unspecified atom stereocenters. The Balaban J connectivity index is 1.44. The third kappa shape index (κ3) is 3.95. The smallest absolute Gasteiger partial charge is 0.0900 e. The number of thiophene rings is 1. The standard InChI is InChI=1S/C16H22N2O2S/c19-13(11-20-12-14-4-3-9-21-14)10-18-8-2-6-16(18)15-5-1-7-17-15/h1,3-5,7,9,13,16-17,19H,2,6,8,10-12H2/t13-,16-/m1/s1. The average molecular weight is 306 g/mol. The molecule has 5 heteroatoms. The fraction of sp³-hybridized carbons (Fsp3) is 0.500. The molecule has 2 aromatic heterocycles. The van der Waals surface area contributed by atoms with Gasteiger partial charge < -0.3 is 14.8 Å². The maximum Gasteiger partial charge on any atom is 0.0900 e. The van der Waals surface area contributed by atoms with Crippen LogP contribution in [-0.2, 0) is 11.3 Å². The van der Waals surface area contributed by atoms with Gasteiger partial charge in [-0.2, -0.15) is 0 Å². The van der Waals surface area contributed by atoms with Crippen LogP contribution in [0.5, 0.6) is 0 Å². The molecule has 0 aliphatic carbocycles. The van der Waals surface area contributed by atoms with Gasteiger partial charge in [-0.3, -0.25) is 4.90 Å². The van der Waals surface area contributed by atoms with E-state index in [1.165, 1.54) is 17.0 Å². The van der Waals surface area contributed by atoms with E-state index in [0.29, 0.717) is 25.8 Å². The third-order valence-electron chi connectivity index (χ3n) is 3.92. The summed E-state index contributed by atoms with van der Waals surface area (Å²) in [6, 6.07) is 8.64. The molecule has 3 heterocycles. The SMILES string of the molecule is O[C@@H](COCc1cccs1)CN1CCC[C@@H]1c1ccc[nH]1. The lowest BCUT2D eigenvalue weighted by molar-refractivity contribution is 0.00827. The number of hydrogen-bond donors (Lipinski definition) is 2. The number of nitrogens with zero attached hydrogens (tertiary/aromatic N) is 1. The van der Waals surface area contributed by atoms with E-state index in [0.717, 1.165) is 13.0 Å². The summed E-state index contributed by atoms with van der Waals surface area (Å²) >= 11 is 1.68. The monoisotopic (exact) mass is 306 g/mol. The van der Waals surface area contributed by atoms with Crippen molar-refractivity contribution >= 4 is 11.3 Å². The molecule has 2 N–H and O–H groups in total. The van der Waals surface area contributed by atoms with Crippen LogP contribution in [0.3, 0.4) is 0 Å². The van der Waals surface area contributed by atoms with E-state index in [9.17, 15) is 5.11 Å². The van der Waals surface area contributed by atoms with Crippen molar-refractivity contribution in [3.05, 3.63) is 46.4 Å². The van der Waals surface area contributed by atoms with Crippen LogP contribution in [0.1, 0.15) is 29.5 Å². The number of aromatic amines is 1. The van der Waals surface area contributed by atoms with E-state index >= 15 is 0 Å². The number of aliphatic hydroxyl groups is 1. The summed E-state index contributed by atoms with van der Waals surface area (Å²) in [6.45, 7) is 2.71. The summed E-state index contributed by atoms with van der Waals surface area (Å²) in [7, 11) is 0. The van der Waals surface area contributed by atoms with Gasteiger partial charge in [-0.25, -0.2) is 0 Å². The molecule has 114 valence electrons. The van der Waals surface area contributed by atoms with Gasteiger partial charge in [0.15, 0.2) is 0 Å². The number of aromatic nitrogens is 1. The number of β-amino-alcohol motifs (C(OH)–C–C–N with tert-alkyl or cyclic N) is 1. The molecule has 2 aromatic rings. The minimum atomic E-state index is -0.430. The summed E-state index contributed by atoms with van der Waals surface area (Å²) < 4.78 is 5.60. The summed E-state index contributed by atoms with van der Waals surface area (Å²) in [5.74, 6) is 0. The largest absolute Gasteiger partial charge is 0.389 e. The van der Waals surface area contributed by atoms with Crippen molar-refractivity contribution in [2.24, 2.45) is 0 Å². The highest BCUT2D eigenvalue weighted by atomic mass is 32.1. The fourth-order valence-corrected chi connectivity index (χ4v) is 3.60. The molecule has 1 aliphatic heterocycles. The van der Waals surface area contributed by atoms with Crippen molar-refractivity contribution in [1.82, 2.24) is 9.88 Å². The molecule has 2 atom stereocenters. The average Bonchev–Trinajstić information content (AvgIpc) is 3.20. The maximum atomic E-state index is 10.2. The van der Waals surface area contributed by atoms with Crippen LogP contribution in [0.15, 0.2) is 35.8 Å². The number of rotatable bonds is 7. The van der Waals surface area contributed by atoms with E-state index in [2.05, 4.69) is 22.0 Å². The van der Waals surface area contributed by atoms with Crippen molar-refractivity contribution in [2.45, 2.75) is 31.6 Å². The van der Waals surface area contributed by atoms with Crippen molar-refractivity contribution in [3.63, 3.8) is 0 Å². The molecule has 0 saturated carbocycles. The second kappa shape index (κ2) is 7.22. The van der Waals surface area contributed by atoms with Gasteiger partial charge in [-0.05, 0) is 43.0 Å². The zero-order chi connectivity index (χ0) is 14.5. The molecule has 1 fully saturated rings. The fourth-order valence-electron chi connectivity index (χ4n) is 2.96. The van der Waals surface area contributed by atoms with E-state index in [1.54, 1.807) is 11.3 Å². The van der Waals surface area contributed by atoms with Crippen molar-refractivity contribution < 1.29 is 9.84 Å². The lowest BCUT2D eigenvalue weighted by atomic mass is 10.1. The van der Waals surface area contributed by atoms with Gasteiger partial charge in [0.1, 0.15) is 0 Å². The van der Waals surface area contributed by atoms with Crippen molar-refractivity contribution in [3.8, 4) is 0 Å². The molecule has 0 radical (unpaired) electrons. The van der Waals surface area contributed by atoms with Crippen LogP contribution in [0.25, 0.3) is 0 Å². The highest BCUT2D eigenvalue weighted by Crippen LogP contribution is 2.30. The van der Waals surface area contributed by atoms with Gasteiger partial charge in [-0.15, -0.1) is 11.3 Å². The van der Waals surface area contributed by atoms with E-state index < -0.39 is 6.10 Å². The zero-order valence-corrected chi connectivity index (χ0v) is 12.9. The summed E-state index contributed by atoms with van der Waals surface area (Å²) in [5, 5.41) is 12.2. The Kier molecular flexibility index (Phi) is 5.08. The minimum Gasteiger partial charge on any atom is -0.389 e. The van der Waals surface area contributed by atoms with Crippen LogP contribution in [0.2, 0.25) is 0 Å². The first-order valence-electron chi connectivity index (χ1n) is 7.48. The van der Waals surface area contributed by atoms with Crippen molar-refractivity contribution in [1.29, 1.82) is 0 Å². The second-order valence-electron chi connectivity index (χ2n) is 5.53. The van der Waals surface area contributed by atoms with Gasteiger partial charge >= 0.3 is 0 Å². The van der Waals surface area contributed by atoms with Crippen molar-refractivity contribution in [2.75, 3.05) is 19.7 Å². The number of hydrogen-bond acceptors (Lipinski definition) is 4. The Morgan fingerprint density at radius 1 is 1.43 bits per heavy atom. The molecule has 3 rings (SSSR count). The van der Waals surface area contributed by atoms with Gasteiger partial charge in [-0.1, -0.05) is 6.07 Å². The molecule has 21 heavy (non-hydrogen) atoms. The molecular formula is C16H22N2O2S. The predicted octanol–water partition coefficient (Wildman–Crippen LogP) is 2.79. The number of likely N-dealkylation sites (tertiary alicyclic amines) is 1. The molecule has 1 aliphatic rings. The number of ether oxygens (including phenoxy) is 1. The van der Waals surface area contributed by atoms with Crippen LogP contribution in [-0.4, -0.2) is 40.8 Å². The lowest BCUT2D eigenvalue weighted by Crippen LogP contribution is -2.34. The van der Waals surface area contributed by atoms with Crippen LogP contribution < -0.4 is 0 Å². The number of nitrogens with one attached hydrogen (secondary N) is 1. The molecule has 4 nitrogen and oxygen atoms in total. The number of H-pyrrole nitrogens is 1. The number of aliphatic hydroxyl groups excluding tert-OH is 1. The normalized spacial score (nSPS) is 20.9. The molecule has 0 bridgehead atoms. The van der Waals surface area contributed by atoms with E-state index in [1.807, 2.05) is 23.7 Å². The van der Waals surface area contributed by atoms with Gasteiger partial charge in [0.05, 0.1) is 19.3 Å². The maximum absolute atomic E-state index is 10.2. The second-order valence-corrected chi connectivity index (χ2v) is 6.56. The topological polar surface area (TPSA) is 48.5 Å². The third-order valence-corrected chi connectivity index (χ3v) is 4.77. The first kappa shape index (κ1) is 14.8. The van der Waals surface area contributed by atoms with Gasteiger partial charge in [0.2, 0.25) is 0 Å². The summed E-state index contributed by atoms with van der Waals surface area (Å²) in [6.07, 6.45) is 3.88.